The molecule has 0 spiro atoms. The summed E-state index contributed by atoms with van der Waals surface area (Å²) in [6.45, 7) is 0.526. The highest BCUT2D eigenvalue weighted by molar-refractivity contribution is 8.14. The molecule has 4 bridgehead atoms. The third-order valence-corrected chi connectivity index (χ3v) is 10.2. The number of halogens is 1. The minimum absolute atomic E-state index is 0.0228. The van der Waals surface area contributed by atoms with Crippen molar-refractivity contribution in [2.24, 2.45) is 0 Å². The Morgan fingerprint density at radius 3 is 1.60 bits per heavy atom. The van der Waals surface area contributed by atoms with E-state index in [4.69, 9.17) is 30.2 Å². The number of hydrogen-bond acceptors (Lipinski definition) is 4. The lowest BCUT2D eigenvalue weighted by Crippen LogP contribution is -2.27. The van der Waals surface area contributed by atoms with Crippen molar-refractivity contribution < 1.29 is 18.9 Å². The SMILES string of the molecule is Cl[P+]1(c2ccc(C3COCCO3)cc2)c2ccc(cc2)OCCOc2ccc1cc2. The third-order valence-electron chi connectivity index (χ3n) is 5.44. The summed E-state index contributed by atoms with van der Waals surface area (Å²) in [4.78, 5) is 0. The minimum atomic E-state index is -2.34. The summed E-state index contributed by atoms with van der Waals surface area (Å²) < 4.78 is 23.0. The van der Waals surface area contributed by atoms with Crippen molar-refractivity contribution in [3.05, 3.63) is 78.4 Å². The van der Waals surface area contributed by atoms with Crippen molar-refractivity contribution in [2.45, 2.75) is 6.10 Å². The van der Waals surface area contributed by atoms with E-state index in [1.807, 2.05) is 24.3 Å². The van der Waals surface area contributed by atoms with Gasteiger partial charge in [0, 0.05) is 0 Å². The van der Waals surface area contributed by atoms with E-state index in [9.17, 15) is 0 Å². The molecule has 5 heterocycles. The van der Waals surface area contributed by atoms with Crippen LogP contribution in [0.2, 0.25) is 0 Å². The van der Waals surface area contributed by atoms with E-state index < -0.39 is 6.62 Å². The van der Waals surface area contributed by atoms with Gasteiger partial charge >= 0.3 is 0 Å². The van der Waals surface area contributed by atoms with Crippen LogP contribution >= 0.6 is 17.9 Å². The predicted octanol–water partition coefficient (Wildman–Crippen LogP) is 3.99. The molecule has 6 heteroatoms. The molecule has 3 aromatic carbocycles. The van der Waals surface area contributed by atoms with Crippen molar-refractivity contribution in [1.29, 1.82) is 0 Å². The molecule has 5 aliphatic heterocycles. The van der Waals surface area contributed by atoms with Crippen LogP contribution in [0.3, 0.4) is 0 Å². The third kappa shape index (κ3) is 3.81. The van der Waals surface area contributed by atoms with E-state index in [-0.39, 0.29) is 6.10 Å². The first-order valence-electron chi connectivity index (χ1n) is 10.1. The lowest BCUT2D eigenvalue weighted by Gasteiger charge is -2.24. The van der Waals surface area contributed by atoms with Crippen molar-refractivity contribution in [2.75, 3.05) is 33.0 Å². The number of hydrogen-bond donors (Lipinski definition) is 0. The Balaban J connectivity index is 1.58. The molecule has 1 atom stereocenters. The second-order valence-electron chi connectivity index (χ2n) is 7.30. The van der Waals surface area contributed by atoms with Gasteiger partial charge in [0.05, 0.1) is 19.8 Å². The molecule has 154 valence electrons. The molecular weight excluding hydrogens is 419 g/mol. The normalized spacial score (nSPS) is 20.4. The molecule has 0 aliphatic carbocycles. The molecule has 8 rings (SSSR count). The maximum absolute atomic E-state index is 7.53. The van der Waals surface area contributed by atoms with E-state index in [0.29, 0.717) is 33.0 Å². The molecule has 0 aromatic heterocycles. The summed E-state index contributed by atoms with van der Waals surface area (Å²) in [5.74, 6) is 1.63. The maximum atomic E-state index is 7.53. The van der Waals surface area contributed by atoms with Gasteiger partial charge in [-0.3, -0.25) is 0 Å². The first kappa shape index (κ1) is 19.8. The second kappa shape index (κ2) is 8.56. The molecule has 0 saturated carbocycles. The molecule has 30 heavy (non-hydrogen) atoms. The molecule has 1 fully saturated rings. The second-order valence-corrected chi connectivity index (χ2v) is 11.5. The molecule has 1 saturated heterocycles. The molecule has 0 amide bonds. The Hall–Kier alpha value is -2.10. The molecule has 1 unspecified atom stereocenters. The van der Waals surface area contributed by atoms with Crippen molar-refractivity contribution in [1.82, 2.24) is 0 Å². The van der Waals surface area contributed by atoms with Crippen LogP contribution < -0.4 is 25.4 Å². The van der Waals surface area contributed by atoms with Gasteiger partial charge < -0.3 is 18.9 Å². The van der Waals surface area contributed by atoms with Gasteiger partial charge in [0.25, 0.3) is 0 Å². The van der Waals surface area contributed by atoms with E-state index in [2.05, 4.69) is 48.5 Å². The zero-order chi connectivity index (χ0) is 20.4. The quantitative estimate of drug-likeness (QED) is 0.563. The van der Waals surface area contributed by atoms with Gasteiger partial charge in [-0.15, -0.1) is 0 Å². The van der Waals surface area contributed by atoms with Crippen LogP contribution in [0, 0.1) is 0 Å². The maximum Gasteiger partial charge on any atom is 0.210 e. The standard InChI is InChI=1S/C24H23ClO4P/c25-30(21-7-1-18(2-8-21)24-17-26-13-14-29-24)22-9-3-19(4-10-22)27-15-16-28-20-5-11-23(30)12-6-20/h1-12,24H,13-17H2/q+1. The highest BCUT2D eigenvalue weighted by Crippen LogP contribution is 2.60. The Morgan fingerprint density at radius 2 is 1.13 bits per heavy atom. The lowest BCUT2D eigenvalue weighted by molar-refractivity contribution is -0.0901. The van der Waals surface area contributed by atoms with E-state index in [1.165, 1.54) is 0 Å². The molecule has 3 aromatic rings. The largest absolute Gasteiger partial charge is 0.490 e. The average molecular weight is 442 g/mol. The summed E-state index contributed by atoms with van der Waals surface area (Å²) in [6.07, 6.45) is -0.0228. The predicted molar refractivity (Wildman–Crippen MR) is 122 cm³/mol. The van der Waals surface area contributed by atoms with Crippen LogP contribution in [0.1, 0.15) is 11.7 Å². The van der Waals surface area contributed by atoms with Gasteiger partial charge in [0.15, 0.2) is 0 Å². The number of benzene rings is 3. The van der Waals surface area contributed by atoms with Crippen LogP contribution in [0.25, 0.3) is 0 Å². The molecule has 0 N–H and O–H groups in total. The first-order valence-corrected chi connectivity index (χ1v) is 12.8. The monoisotopic (exact) mass is 441 g/mol. The lowest BCUT2D eigenvalue weighted by atomic mass is 10.1. The molecule has 5 aliphatic rings. The van der Waals surface area contributed by atoms with Crippen LogP contribution in [-0.4, -0.2) is 33.0 Å². The van der Waals surface area contributed by atoms with Crippen molar-refractivity contribution >= 4 is 33.8 Å². The first-order chi connectivity index (χ1) is 14.7. The molecule has 0 radical (unpaired) electrons. The Labute approximate surface area is 181 Å². The molecular formula is C24H23ClO4P+. The Morgan fingerprint density at radius 1 is 0.633 bits per heavy atom. The van der Waals surface area contributed by atoms with Crippen LogP contribution in [0.15, 0.2) is 72.8 Å². The molecule has 4 nitrogen and oxygen atoms in total. The van der Waals surface area contributed by atoms with Gasteiger partial charge in [0.1, 0.15) is 58.0 Å². The fraction of sp³-hybridized carbons (Fsp3) is 0.250. The van der Waals surface area contributed by atoms with Gasteiger partial charge in [-0.25, -0.2) is 0 Å². The topological polar surface area (TPSA) is 36.9 Å². The summed E-state index contributed by atoms with van der Waals surface area (Å²) in [5, 5.41) is 3.28. The van der Waals surface area contributed by atoms with Gasteiger partial charge in [-0.1, -0.05) is 12.1 Å². The van der Waals surface area contributed by atoms with Crippen LogP contribution in [0.5, 0.6) is 11.5 Å². The van der Waals surface area contributed by atoms with E-state index in [1.54, 1.807) is 0 Å². The smallest absolute Gasteiger partial charge is 0.210 e. The summed E-state index contributed by atoms with van der Waals surface area (Å²) in [7, 11) is 0. The Kier molecular flexibility index (Phi) is 5.66. The highest BCUT2D eigenvalue weighted by Gasteiger charge is 2.45. The van der Waals surface area contributed by atoms with Crippen molar-refractivity contribution in [3.63, 3.8) is 0 Å². The highest BCUT2D eigenvalue weighted by atomic mass is 35.7. The summed E-state index contributed by atoms with van der Waals surface area (Å²) in [6, 6.07) is 24.7. The zero-order valence-corrected chi connectivity index (χ0v) is 18.1. The zero-order valence-electron chi connectivity index (χ0n) is 16.5. The fourth-order valence-electron chi connectivity index (χ4n) is 3.84. The van der Waals surface area contributed by atoms with Gasteiger partial charge in [-0.05, 0) is 66.2 Å². The van der Waals surface area contributed by atoms with Crippen LogP contribution in [0.4, 0.5) is 0 Å². The minimum Gasteiger partial charge on any atom is -0.490 e. The van der Waals surface area contributed by atoms with Gasteiger partial charge in [-0.2, -0.15) is 0 Å². The van der Waals surface area contributed by atoms with E-state index in [0.717, 1.165) is 33.0 Å². The van der Waals surface area contributed by atoms with E-state index >= 15 is 0 Å². The number of rotatable bonds is 2. The summed E-state index contributed by atoms with van der Waals surface area (Å²) >= 11 is 7.53. The average Bonchev–Trinajstić information content (AvgIpc) is 2.85. The Bertz CT molecular complexity index is 934. The van der Waals surface area contributed by atoms with Gasteiger partial charge in [0.2, 0.25) is 6.62 Å². The van der Waals surface area contributed by atoms with Crippen LogP contribution in [-0.2, 0) is 9.47 Å². The van der Waals surface area contributed by atoms with Crippen molar-refractivity contribution in [3.8, 4) is 11.5 Å². The summed E-state index contributed by atoms with van der Waals surface area (Å²) in [5.41, 5.74) is 1.11. The fourth-order valence-corrected chi connectivity index (χ4v) is 7.42. The number of ether oxygens (including phenoxy) is 4.